The highest BCUT2D eigenvalue weighted by Gasteiger charge is 2.50. The molecule has 0 spiro atoms. The second kappa shape index (κ2) is 10.5. The molecule has 208 valence electrons. The van der Waals surface area contributed by atoms with Crippen LogP contribution in [0.25, 0.3) is 11.3 Å². The van der Waals surface area contributed by atoms with Crippen molar-refractivity contribution in [2.45, 2.75) is 102 Å². The van der Waals surface area contributed by atoms with Crippen molar-refractivity contribution in [3.63, 3.8) is 0 Å². The molecule has 14 nitrogen and oxygen atoms in total. The molecule has 3 rings (SSSR count). The number of aromatic nitrogens is 5. The zero-order valence-electron chi connectivity index (χ0n) is 21.7. The van der Waals surface area contributed by atoms with E-state index in [0.717, 1.165) is 4.57 Å². The first kappa shape index (κ1) is 29.4. The minimum atomic E-state index is -4.51. The number of nitrogens with zero attached hydrogens (tertiary/aromatic N) is 4. The van der Waals surface area contributed by atoms with Gasteiger partial charge in [-0.05, 0) is 40.5 Å². The molecule has 3 heterocycles. The summed E-state index contributed by atoms with van der Waals surface area (Å²) in [5.74, 6) is 0. The molecule has 1 aliphatic heterocycles. The molecule has 1 aliphatic rings. The first-order valence-electron chi connectivity index (χ1n) is 12.1. The molecule has 4 unspecified atom stereocenters. The second-order valence-electron chi connectivity index (χ2n) is 10.1. The van der Waals surface area contributed by atoms with Gasteiger partial charge in [0, 0.05) is 18.7 Å². The Hall–Kier alpha value is -2.19. The summed E-state index contributed by atoms with van der Waals surface area (Å²) in [7, 11) is -4.51. The molecule has 0 aliphatic carbocycles. The first-order valence-corrected chi connectivity index (χ1v) is 13.7. The van der Waals surface area contributed by atoms with Crippen LogP contribution in [0.4, 0.5) is 0 Å². The number of ether oxygens (including phenoxy) is 1. The number of nitrogens with one attached hydrogen (secondary N) is 1. The lowest BCUT2D eigenvalue weighted by Crippen LogP contribution is -2.40. The van der Waals surface area contributed by atoms with Crippen LogP contribution in [0.3, 0.4) is 0 Å². The monoisotopic (exact) mass is 545 g/mol. The Labute approximate surface area is 213 Å². The molecule has 0 radical (unpaired) electrons. The van der Waals surface area contributed by atoms with Crippen molar-refractivity contribution in [3.8, 4) is 11.3 Å². The van der Waals surface area contributed by atoms with Gasteiger partial charge >= 0.3 is 13.3 Å². The van der Waals surface area contributed by atoms with E-state index in [4.69, 9.17) is 9.26 Å². The largest absolute Gasteiger partial charge is 0.388 e. The van der Waals surface area contributed by atoms with Crippen molar-refractivity contribution in [2.75, 3.05) is 0 Å². The summed E-state index contributed by atoms with van der Waals surface area (Å²) in [6.45, 7) is 9.71. The smallest absolute Gasteiger partial charge is 0.359 e. The fraction of sp³-hybridized carbons (Fsp3) is 0.727. The van der Waals surface area contributed by atoms with Crippen LogP contribution in [0, 0.1) is 0 Å². The predicted molar refractivity (Wildman–Crippen MR) is 132 cm³/mol. The molecular formula is C22H36N5O9P. The van der Waals surface area contributed by atoms with E-state index in [1.54, 1.807) is 13.8 Å². The summed E-state index contributed by atoms with van der Waals surface area (Å²) in [6, 6.07) is -0.0209. The van der Waals surface area contributed by atoms with Gasteiger partial charge in [-0.15, -0.1) is 5.10 Å². The predicted octanol–water partition coefficient (Wildman–Crippen LogP) is 0.875. The molecule has 5 N–H and O–H groups in total. The zero-order chi connectivity index (χ0) is 27.9. The highest BCUT2D eigenvalue weighted by molar-refractivity contribution is 7.54. The van der Waals surface area contributed by atoms with E-state index in [1.165, 1.54) is 30.9 Å². The third kappa shape index (κ3) is 5.80. The van der Waals surface area contributed by atoms with Crippen LogP contribution in [0.2, 0.25) is 0 Å². The van der Waals surface area contributed by atoms with Crippen LogP contribution < -0.4 is 11.2 Å². The number of hydrogen-bond acceptors (Lipinski definition) is 10. The van der Waals surface area contributed by atoms with Gasteiger partial charge in [0.25, 0.3) is 5.56 Å². The number of H-pyrrole nitrogens is 1. The Balaban J connectivity index is 1.90. The van der Waals surface area contributed by atoms with E-state index >= 15 is 0 Å². The lowest BCUT2D eigenvalue weighted by Gasteiger charge is -2.37. The minimum Gasteiger partial charge on any atom is -0.388 e. The lowest BCUT2D eigenvalue weighted by atomic mass is 9.93. The molecule has 0 amide bonds. The summed E-state index contributed by atoms with van der Waals surface area (Å²) in [4.78, 5) is 37.7. The summed E-state index contributed by atoms with van der Waals surface area (Å²) in [5.41, 5.74) is -2.72. The molecule has 0 aromatic carbocycles. The Morgan fingerprint density at radius 2 is 1.84 bits per heavy atom. The molecule has 7 atom stereocenters. The van der Waals surface area contributed by atoms with E-state index in [2.05, 4.69) is 15.3 Å². The Kier molecular flexibility index (Phi) is 8.35. The van der Waals surface area contributed by atoms with E-state index < -0.39 is 54.3 Å². The van der Waals surface area contributed by atoms with Crippen molar-refractivity contribution in [1.82, 2.24) is 24.5 Å². The Morgan fingerprint density at radius 1 is 1.19 bits per heavy atom. The van der Waals surface area contributed by atoms with Gasteiger partial charge in [0.1, 0.15) is 17.9 Å². The van der Waals surface area contributed by atoms with Crippen molar-refractivity contribution in [3.05, 3.63) is 33.2 Å². The normalized spacial score (nSPS) is 27.1. The van der Waals surface area contributed by atoms with E-state index in [0.29, 0.717) is 0 Å². The maximum atomic E-state index is 12.8. The topological polar surface area (TPSA) is 202 Å². The number of aromatic amines is 1. The van der Waals surface area contributed by atoms with Gasteiger partial charge in [0.05, 0.1) is 23.5 Å². The Bertz CT molecular complexity index is 1270. The maximum Gasteiger partial charge on any atom is 0.359 e. The van der Waals surface area contributed by atoms with Gasteiger partial charge < -0.3 is 29.5 Å². The number of hydrogen-bond donors (Lipinski definition) is 5. The van der Waals surface area contributed by atoms with Gasteiger partial charge in [0.15, 0.2) is 11.6 Å². The van der Waals surface area contributed by atoms with Gasteiger partial charge in [-0.2, -0.15) is 0 Å². The van der Waals surface area contributed by atoms with Crippen LogP contribution >= 0.6 is 7.60 Å². The van der Waals surface area contributed by atoms with Gasteiger partial charge in [-0.25, -0.2) is 9.48 Å². The van der Waals surface area contributed by atoms with Gasteiger partial charge in [-0.1, -0.05) is 19.1 Å². The maximum absolute atomic E-state index is 12.8. The summed E-state index contributed by atoms with van der Waals surface area (Å²) >= 11 is 0. The van der Waals surface area contributed by atoms with E-state index in [9.17, 15) is 34.4 Å². The molecule has 15 heteroatoms. The van der Waals surface area contributed by atoms with Gasteiger partial charge in [-0.3, -0.25) is 18.9 Å². The second-order valence-corrected chi connectivity index (χ2v) is 12.3. The molecule has 2 aromatic rings. The third-order valence-electron chi connectivity index (χ3n) is 6.90. The molecule has 37 heavy (non-hydrogen) atoms. The molecule has 0 bridgehead atoms. The van der Waals surface area contributed by atoms with Crippen molar-refractivity contribution in [2.24, 2.45) is 0 Å². The van der Waals surface area contributed by atoms with E-state index in [-0.39, 0.29) is 36.6 Å². The lowest BCUT2D eigenvalue weighted by molar-refractivity contribution is -0.0714. The highest BCUT2D eigenvalue weighted by atomic mass is 31.2. The van der Waals surface area contributed by atoms with Crippen molar-refractivity contribution in [1.29, 1.82) is 0 Å². The average molecular weight is 546 g/mol. The fourth-order valence-corrected chi connectivity index (χ4v) is 5.30. The summed E-state index contributed by atoms with van der Waals surface area (Å²) < 4.78 is 26.6. The number of aliphatic hydroxyl groups is 3. The SMILES string of the molecule is CCC(C)(C[C@H]1O[C@@H](n2cc(-c3cn(C(C)C)nn3)c(=O)[nH]c2=O)[C@@H](O)C1O)OP(=O)(O)C(C)(O)CC. The summed E-state index contributed by atoms with van der Waals surface area (Å²) in [5, 5.41) is 37.7. The molecule has 1 fully saturated rings. The quantitative estimate of drug-likeness (QED) is 0.265. The van der Waals surface area contributed by atoms with Crippen molar-refractivity contribution >= 4 is 7.60 Å². The van der Waals surface area contributed by atoms with Crippen LogP contribution in [-0.2, 0) is 13.8 Å². The van der Waals surface area contributed by atoms with Crippen LogP contribution in [0.1, 0.15) is 73.1 Å². The molecule has 2 aromatic heterocycles. The van der Waals surface area contributed by atoms with Gasteiger partial charge in [0.2, 0.25) is 0 Å². The average Bonchev–Trinajstić information content (AvgIpc) is 3.40. The third-order valence-corrected chi connectivity index (χ3v) is 9.12. The standard InChI is InChI=1S/C22H36N5O9P/c1-7-21(5,36-37(33,34)22(6,32)8-2)9-15-16(28)17(29)19(35-15)26-10-13(18(30)23-20(26)31)14-11-27(12(3)4)25-24-14/h10-12,15-17,19,28-29,32H,7-9H2,1-6H3,(H,33,34)(H,23,30,31)/t15-,16?,17+,19-,21?,22?/m1/s1. The zero-order valence-corrected chi connectivity index (χ0v) is 22.6. The minimum absolute atomic E-state index is 0.00462. The van der Waals surface area contributed by atoms with E-state index in [1.807, 2.05) is 13.8 Å². The van der Waals surface area contributed by atoms with Crippen molar-refractivity contribution < 1.29 is 34.0 Å². The molecule has 0 saturated carbocycles. The number of aliphatic hydroxyl groups excluding tert-OH is 2. The molecule has 1 saturated heterocycles. The highest BCUT2D eigenvalue weighted by Crippen LogP contribution is 2.59. The first-order chi connectivity index (χ1) is 17.1. The van der Waals surface area contributed by atoms with Crippen LogP contribution in [0.15, 0.2) is 22.0 Å². The summed E-state index contributed by atoms with van der Waals surface area (Å²) in [6.07, 6.45) is -2.82. The van der Waals surface area contributed by atoms with Crippen LogP contribution in [-0.4, -0.2) is 74.0 Å². The van der Waals surface area contributed by atoms with Crippen LogP contribution in [0.5, 0.6) is 0 Å². The Morgan fingerprint density at radius 3 is 2.38 bits per heavy atom. The number of rotatable bonds is 10. The fourth-order valence-electron chi connectivity index (χ4n) is 3.91. The molecular weight excluding hydrogens is 509 g/mol.